The standard InChI is InChI=1S/C17H25ClN2/c1-12-4-3-5-13(2)20(12)19-17-10-15(11-17)14-6-8-16(18)9-7-14/h6-9,12-13,15,17,19H,3-5,10-11H2,1-2H3. The highest BCUT2D eigenvalue weighted by atomic mass is 35.5. The molecule has 1 saturated carbocycles. The van der Waals surface area contributed by atoms with E-state index in [1.165, 1.54) is 37.7 Å². The average Bonchev–Trinajstić information content (AvgIpc) is 2.38. The molecule has 2 fully saturated rings. The van der Waals surface area contributed by atoms with E-state index < -0.39 is 0 Å². The minimum atomic E-state index is 0.652. The third kappa shape index (κ3) is 3.03. The van der Waals surface area contributed by atoms with Crippen molar-refractivity contribution in [2.24, 2.45) is 0 Å². The molecule has 1 aromatic rings. The number of rotatable bonds is 3. The molecule has 1 aromatic carbocycles. The zero-order valence-corrected chi connectivity index (χ0v) is 13.2. The van der Waals surface area contributed by atoms with Crippen LogP contribution in [0.2, 0.25) is 5.02 Å². The molecule has 1 heterocycles. The van der Waals surface area contributed by atoms with E-state index >= 15 is 0 Å². The van der Waals surface area contributed by atoms with Crippen molar-refractivity contribution in [3.8, 4) is 0 Å². The Morgan fingerprint density at radius 2 is 1.65 bits per heavy atom. The second-order valence-corrected chi connectivity index (χ2v) is 7.02. The molecule has 20 heavy (non-hydrogen) atoms. The van der Waals surface area contributed by atoms with Crippen LogP contribution in [0.5, 0.6) is 0 Å². The Bertz CT molecular complexity index is 429. The summed E-state index contributed by atoms with van der Waals surface area (Å²) >= 11 is 5.95. The van der Waals surface area contributed by atoms with Gasteiger partial charge in [-0.1, -0.05) is 30.2 Å². The van der Waals surface area contributed by atoms with Crippen LogP contribution in [-0.4, -0.2) is 23.1 Å². The van der Waals surface area contributed by atoms with Crippen molar-refractivity contribution in [2.45, 2.75) is 70.0 Å². The van der Waals surface area contributed by atoms with Crippen LogP contribution >= 0.6 is 11.6 Å². The van der Waals surface area contributed by atoms with Crippen molar-refractivity contribution in [3.05, 3.63) is 34.9 Å². The number of hydrazine groups is 1. The van der Waals surface area contributed by atoms with Gasteiger partial charge >= 0.3 is 0 Å². The van der Waals surface area contributed by atoms with E-state index in [1.54, 1.807) is 0 Å². The van der Waals surface area contributed by atoms with Crippen molar-refractivity contribution in [1.82, 2.24) is 10.4 Å². The number of hydrogen-bond donors (Lipinski definition) is 1. The Morgan fingerprint density at radius 3 is 2.25 bits per heavy atom. The van der Waals surface area contributed by atoms with Gasteiger partial charge in [0, 0.05) is 23.1 Å². The van der Waals surface area contributed by atoms with Crippen LogP contribution < -0.4 is 5.43 Å². The van der Waals surface area contributed by atoms with Crippen molar-refractivity contribution in [3.63, 3.8) is 0 Å². The molecular weight excluding hydrogens is 268 g/mol. The molecule has 3 heteroatoms. The largest absolute Gasteiger partial charge is 0.252 e. The highest BCUT2D eigenvalue weighted by Crippen LogP contribution is 2.38. The summed E-state index contributed by atoms with van der Waals surface area (Å²) in [4.78, 5) is 0. The first-order valence-electron chi connectivity index (χ1n) is 7.93. The molecule has 110 valence electrons. The summed E-state index contributed by atoms with van der Waals surface area (Å²) in [5, 5.41) is 3.34. The Balaban J connectivity index is 1.51. The Labute approximate surface area is 127 Å². The van der Waals surface area contributed by atoms with Gasteiger partial charge in [-0.2, -0.15) is 0 Å². The van der Waals surface area contributed by atoms with E-state index in [2.05, 4.69) is 36.4 Å². The van der Waals surface area contributed by atoms with E-state index in [0.717, 1.165) is 5.02 Å². The molecule has 0 radical (unpaired) electrons. The Kier molecular flexibility index (Phi) is 4.34. The fourth-order valence-electron chi connectivity index (χ4n) is 3.62. The molecule has 1 aliphatic heterocycles. The number of piperidine rings is 1. The number of hydrogen-bond acceptors (Lipinski definition) is 2. The Morgan fingerprint density at radius 1 is 1.05 bits per heavy atom. The monoisotopic (exact) mass is 292 g/mol. The molecule has 1 aliphatic carbocycles. The lowest BCUT2D eigenvalue weighted by Gasteiger charge is -2.46. The fraction of sp³-hybridized carbons (Fsp3) is 0.647. The molecule has 0 spiro atoms. The highest BCUT2D eigenvalue weighted by Gasteiger charge is 2.34. The van der Waals surface area contributed by atoms with Gasteiger partial charge in [0.2, 0.25) is 0 Å². The zero-order valence-electron chi connectivity index (χ0n) is 12.5. The number of halogens is 1. The third-order valence-corrected chi connectivity index (χ3v) is 5.26. The lowest BCUT2D eigenvalue weighted by molar-refractivity contribution is 0.0107. The first-order chi connectivity index (χ1) is 9.63. The van der Waals surface area contributed by atoms with Gasteiger partial charge < -0.3 is 0 Å². The normalized spacial score (nSPS) is 34.8. The van der Waals surface area contributed by atoms with Gasteiger partial charge in [0.25, 0.3) is 0 Å². The summed E-state index contributed by atoms with van der Waals surface area (Å²) in [7, 11) is 0. The van der Waals surface area contributed by atoms with Crippen molar-refractivity contribution < 1.29 is 0 Å². The van der Waals surface area contributed by atoms with Crippen LogP contribution in [0.15, 0.2) is 24.3 Å². The molecule has 2 atom stereocenters. The van der Waals surface area contributed by atoms with E-state index in [9.17, 15) is 0 Å². The molecule has 0 amide bonds. The highest BCUT2D eigenvalue weighted by molar-refractivity contribution is 6.30. The minimum absolute atomic E-state index is 0.652. The second kappa shape index (κ2) is 6.05. The second-order valence-electron chi connectivity index (χ2n) is 6.58. The van der Waals surface area contributed by atoms with Crippen LogP contribution in [0.3, 0.4) is 0 Å². The lowest BCUT2D eigenvalue weighted by Crippen LogP contribution is -2.57. The first kappa shape index (κ1) is 14.4. The zero-order chi connectivity index (χ0) is 14.1. The van der Waals surface area contributed by atoms with Gasteiger partial charge in [-0.05, 0) is 63.1 Å². The van der Waals surface area contributed by atoms with Gasteiger partial charge in [0.15, 0.2) is 0 Å². The summed E-state index contributed by atoms with van der Waals surface area (Å²) in [5.74, 6) is 0.708. The van der Waals surface area contributed by atoms with Gasteiger partial charge in [-0.25, -0.2) is 5.01 Å². The number of nitrogens with one attached hydrogen (secondary N) is 1. The van der Waals surface area contributed by atoms with Gasteiger partial charge in [0.1, 0.15) is 0 Å². The van der Waals surface area contributed by atoms with E-state index in [1.807, 2.05) is 12.1 Å². The van der Waals surface area contributed by atoms with Gasteiger partial charge in [-0.15, -0.1) is 0 Å². The molecule has 0 aromatic heterocycles. The van der Waals surface area contributed by atoms with Crippen LogP contribution in [-0.2, 0) is 0 Å². The van der Waals surface area contributed by atoms with Crippen molar-refractivity contribution in [2.75, 3.05) is 0 Å². The smallest absolute Gasteiger partial charge is 0.0406 e. The van der Waals surface area contributed by atoms with Crippen LogP contribution in [0, 0.1) is 0 Å². The average molecular weight is 293 g/mol. The molecule has 1 saturated heterocycles. The summed E-state index contributed by atoms with van der Waals surface area (Å²) in [6.07, 6.45) is 6.52. The maximum Gasteiger partial charge on any atom is 0.0406 e. The summed E-state index contributed by atoms with van der Waals surface area (Å²) in [5.41, 5.74) is 5.21. The molecule has 2 aliphatic rings. The minimum Gasteiger partial charge on any atom is -0.252 e. The number of benzene rings is 1. The molecular formula is C17H25ClN2. The van der Waals surface area contributed by atoms with Gasteiger partial charge in [-0.3, -0.25) is 5.43 Å². The third-order valence-electron chi connectivity index (χ3n) is 5.00. The maximum absolute atomic E-state index is 5.95. The van der Waals surface area contributed by atoms with Crippen molar-refractivity contribution in [1.29, 1.82) is 0 Å². The van der Waals surface area contributed by atoms with Crippen LogP contribution in [0.1, 0.15) is 57.4 Å². The first-order valence-corrected chi connectivity index (χ1v) is 8.31. The SMILES string of the molecule is CC1CCCC(C)N1NC1CC(c2ccc(Cl)cc2)C1. The molecule has 2 unspecified atom stereocenters. The van der Waals surface area contributed by atoms with Gasteiger partial charge in [0.05, 0.1) is 0 Å². The lowest BCUT2D eigenvalue weighted by atomic mass is 9.76. The summed E-state index contributed by atoms with van der Waals surface area (Å²) < 4.78 is 0. The topological polar surface area (TPSA) is 15.3 Å². The van der Waals surface area contributed by atoms with Crippen molar-refractivity contribution >= 4 is 11.6 Å². The van der Waals surface area contributed by atoms with E-state index in [0.29, 0.717) is 24.0 Å². The maximum atomic E-state index is 5.95. The quantitative estimate of drug-likeness (QED) is 0.891. The van der Waals surface area contributed by atoms with Crippen LogP contribution in [0.4, 0.5) is 0 Å². The molecule has 0 bridgehead atoms. The Hall–Kier alpha value is -0.570. The van der Waals surface area contributed by atoms with Crippen LogP contribution in [0.25, 0.3) is 0 Å². The molecule has 2 nitrogen and oxygen atoms in total. The number of nitrogens with zero attached hydrogens (tertiary/aromatic N) is 1. The van der Waals surface area contributed by atoms with E-state index in [4.69, 9.17) is 11.6 Å². The fourth-order valence-corrected chi connectivity index (χ4v) is 3.74. The predicted molar refractivity (Wildman–Crippen MR) is 85.0 cm³/mol. The summed E-state index contributed by atoms with van der Waals surface area (Å²) in [6.45, 7) is 4.69. The molecule has 1 N–H and O–H groups in total. The predicted octanol–water partition coefficient (Wildman–Crippen LogP) is 4.35. The summed E-state index contributed by atoms with van der Waals surface area (Å²) in [6, 6.07) is 10.4. The van der Waals surface area contributed by atoms with E-state index in [-0.39, 0.29) is 0 Å². The molecule has 3 rings (SSSR count).